The number of aryl methyl sites for hydroxylation is 2. The number of carbonyl (C=O) groups is 1. The fourth-order valence-corrected chi connectivity index (χ4v) is 3.62. The van der Waals surface area contributed by atoms with Crippen molar-refractivity contribution in [1.82, 2.24) is 5.32 Å². The van der Waals surface area contributed by atoms with Gasteiger partial charge in [-0.3, -0.25) is 0 Å². The van der Waals surface area contributed by atoms with E-state index in [-0.39, 0.29) is 31.0 Å². The molecule has 2 N–H and O–H groups in total. The van der Waals surface area contributed by atoms with Crippen molar-refractivity contribution in [2.45, 2.75) is 38.2 Å². The fraction of sp³-hybridized carbons (Fsp3) is 0.556. The van der Waals surface area contributed by atoms with Crippen molar-refractivity contribution in [3.05, 3.63) is 29.3 Å². The third kappa shape index (κ3) is 4.50. The maximum atomic E-state index is 11.2. The largest absolute Gasteiger partial charge is 0.467 e. The van der Waals surface area contributed by atoms with Crippen molar-refractivity contribution in [1.29, 1.82) is 0 Å². The van der Waals surface area contributed by atoms with Crippen LogP contribution in [0, 0.1) is 13.8 Å². The Bertz CT molecular complexity index is 663. The Morgan fingerprint density at radius 3 is 2.58 bits per heavy atom. The molecule has 26 heavy (non-hydrogen) atoms. The molecular formula is C18H24N2O5S. The second-order valence-corrected chi connectivity index (χ2v) is 7.01. The molecule has 0 aliphatic carbocycles. The van der Waals surface area contributed by atoms with Crippen molar-refractivity contribution >= 4 is 29.0 Å². The second kappa shape index (κ2) is 8.30. The van der Waals surface area contributed by atoms with Gasteiger partial charge in [-0.25, -0.2) is 4.79 Å². The monoisotopic (exact) mass is 380 g/mol. The van der Waals surface area contributed by atoms with Gasteiger partial charge in [0.05, 0.1) is 26.4 Å². The molecular weight excluding hydrogens is 356 g/mol. The number of thiocarbonyl (C=S) groups is 1. The minimum atomic E-state index is -0.417. The van der Waals surface area contributed by atoms with Crippen LogP contribution in [0.3, 0.4) is 0 Å². The summed E-state index contributed by atoms with van der Waals surface area (Å²) in [4.78, 5) is 11.2. The van der Waals surface area contributed by atoms with E-state index in [1.165, 1.54) is 18.2 Å². The molecule has 2 fully saturated rings. The number of esters is 1. The standard InChI is InChI=1S/C18H24N2O5S/c1-10-4-11(2)6-12(5-10)19-18(26)20-13-7-24-17-14(8-25-16(13)17)23-9-15(21)22-3/h4-6,13-14,16-17H,7-9H2,1-3H3,(H2,19,20,26)/t13-,14+,16+,17+/m0/s1. The van der Waals surface area contributed by atoms with Crippen molar-refractivity contribution in [2.24, 2.45) is 0 Å². The molecule has 4 atom stereocenters. The summed E-state index contributed by atoms with van der Waals surface area (Å²) in [5.41, 5.74) is 3.29. The number of hydrogen-bond donors (Lipinski definition) is 2. The molecule has 0 radical (unpaired) electrons. The first-order valence-corrected chi connectivity index (χ1v) is 8.94. The summed E-state index contributed by atoms with van der Waals surface area (Å²) in [6.07, 6.45) is -0.676. The highest BCUT2D eigenvalue weighted by Gasteiger charge is 2.48. The first kappa shape index (κ1) is 19.0. The van der Waals surface area contributed by atoms with Crippen LogP contribution in [0.15, 0.2) is 18.2 Å². The average molecular weight is 380 g/mol. The number of anilines is 1. The van der Waals surface area contributed by atoms with E-state index in [0.717, 1.165) is 5.69 Å². The Morgan fingerprint density at radius 2 is 1.88 bits per heavy atom. The van der Waals surface area contributed by atoms with Crippen molar-refractivity contribution in [3.8, 4) is 0 Å². The number of benzene rings is 1. The van der Waals surface area contributed by atoms with Gasteiger partial charge in [-0.05, 0) is 49.3 Å². The Hall–Kier alpha value is -1.74. The molecule has 2 heterocycles. The SMILES string of the molecule is COC(=O)CO[C@@H]1CO[C@H]2[C@@H]1OC[C@@H]2NC(=S)Nc1cc(C)cc(C)c1. The molecule has 3 rings (SSSR count). The number of fused-ring (bicyclic) bond motifs is 1. The number of carbonyl (C=O) groups excluding carboxylic acids is 1. The predicted octanol–water partition coefficient (Wildman–Crippen LogP) is 1.31. The molecule has 8 heteroatoms. The zero-order valence-electron chi connectivity index (χ0n) is 15.1. The lowest BCUT2D eigenvalue weighted by Crippen LogP contribution is -2.46. The van der Waals surface area contributed by atoms with Gasteiger partial charge in [-0.1, -0.05) is 6.07 Å². The molecule has 2 aliphatic heterocycles. The minimum absolute atomic E-state index is 0.0716. The highest BCUT2D eigenvalue weighted by Crippen LogP contribution is 2.29. The van der Waals surface area contributed by atoms with Crippen LogP contribution < -0.4 is 10.6 Å². The fourth-order valence-electron chi connectivity index (χ4n) is 3.35. The molecule has 1 aromatic carbocycles. The third-order valence-corrected chi connectivity index (χ3v) is 4.67. The van der Waals surface area contributed by atoms with Crippen LogP contribution in [0.2, 0.25) is 0 Å². The zero-order chi connectivity index (χ0) is 18.7. The summed E-state index contributed by atoms with van der Waals surface area (Å²) in [5.74, 6) is -0.417. The van der Waals surface area contributed by atoms with Gasteiger partial charge in [0.1, 0.15) is 24.9 Å². The van der Waals surface area contributed by atoms with Gasteiger partial charge in [-0.2, -0.15) is 0 Å². The lowest BCUT2D eigenvalue weighted by atomic mass is 10.1. The van der Waals surface area contributed by atoms with Crippen LogP contribution in [0.5, 0.6) is 0 Å². The van der Waals surface area contributed by atoms with Gasteiger partial charge in [0.25, 0.3) is 0 Å². The van der Waals surface area contributed by atoms with E-state index >= 15 is 0 Å². The summed E-state index contributed by atoms with van der Waals surface area (Å²) in [6.45, 7) is 4.82. The lowest BCUT2D eigenvalue weighted by molar-refractivity contribution is -0.150. The van der Waals surface area contributed by atoms with Crippen molar-refractivity contribution in [3.63, 3.8) is 0 Å². The number of hydrogen-bond acceptors (Lipinski definition) is 6. The van der Waals surface area contributed by atoms with Crippen LogP contribution in [0.25, 0.3) is 0 Å². The van der Waals surface area contributed by atoms with Gasteiger partial charge in [-0.15, -0.1) is 0 Å². The summed E-state index contributed by atoms with van der Waals surface area (Å²) < 4.78 is 21.7. The van der Waals surface area contributed by atoms with E-state index in [0.29, 0.717) is 18.3 Å². The average Bonchev–Trinajstić information content (AvgIpc) is 3.14. The van der Waals surface area contributed by atoms with E-state index in [9.17, 15) is 4.79 Å². The molecule has 0 spiro atoms. The van der Waals surface area contributed by atoms with Gasteiger partial charge in [0.15, 0.2) is 5.11 Å². The van der Waals surface area contributed by atoms with Gasteiger partial charge in [0, 0.05) is 5.69 Å². The van der Waals surface area contributed by atoms with E-state index in [1.54, 1.807) is 0 Å². The Balaban J connectivity index is 1.52. The summed E-state index contributed by atoms with van der Waals surface area (Å²) in [6, 6.07) is 6.12. The molecule has 0 unspecified atom stereocenters. The van der Waals surface area contributed by atoms with Crippen LogP contribution in [0.4, 0.5) is 5.69 Å². The molecule has 0 amide bonds. The first-order chi connectivity index (χ1) is 12.5. The molecule has 2 aliphatic rings. The summed E-state index contributed by atoms with van der Waals surface area (Å²) in [5, 5.41) is 6.98. The van der Waals surface area contributed by atoms with Crippen LogP contribution in [0.1, 0.15) is 11.1 Å². The Labute approximate surface area is 158 Å². The van der Waals surface area contributed by atoms with Crippen molar-refractivity contribution < 1.29 is 23.7 Å². The Kier molecular flexibility index (Phi) is 6.08. The van der Waals surface area contributed by atoms with Crippen LogP contribution >= 0.6 is 12.2 Å². The molecule has 7 nitrogen and oxygen atoms in total. The maximum absolute atomic E-state index is 11.2. The number of methoxy groups -OCH3 is 1. The van der Waals surface area contributed by atoms with Gasteiger partial charge in [0.2, 0.25) is 0 Å². The first-order valence-electron chi connectivity index (χ1n) is 8.53. The zero-order valence-corrected chi connectivity index (χ0v) is 15.9. The molecule has 1 aromatic rings. The summed E-state index contributed by atoms with van der Waals surface area (Å²) >= 11 is 5.42. The number of rotatable bonds is 5. The maximum Gasteiger partial charge on any atom is 0.331 e. The van der Waals surface area contributed by atoms with Crippen molar-refractivity contribution in [2.75, 3.05) is 32.2 Å². The molecule has 0 bridgehead atoms. The third-order valence-electron chi connectivity index (χ3n) is 4.45. The number of ether oxygens (including phenoxy) is 4. The smallest absolute Gasteiger partial charge is 0.331 e. The lowest BCUT2D eigenvalue weighted by Gasteiger charge is -2.20. The number of nitrogens with one attached hydrogen (secondary N) is 2. The molecule has 142 valence electrons. The second-order valence-electron chi connectivity index (χ2n) is 6.60. The quantitative estimate of drug-likeness (QED) is 0.585. The molecule has 0 aromatic heterocycles. The predicted molar refractivity (Wildman–Crippen MR) is 100 cm³/mol. The minimum Gasteiger partial charge on any atom is -0.467 e. The van der Waals surface area contributed by atoms with Gasteiger partial charge >= 0.3 is 5.97 Å². The highest BCUT2D eigenvalue weighted by atomic mass is 32.1. The van der Waals surface area contributed by atoms with E-state index in [4.69, 9.17) is 26.4 Å². The van der Waals surface area contributed by atoms with Gasteiger partial charge < -0.3 is 29.6 Å². The van der Waals surface area contributed by atoms with E-state index < -0.39 is 5.97 Å². The normalized spacial score (nSPS) is 27.0. The Morgan fingerprint density at radius 1 is 1.19 bits per heavy atom. The molecule has 2 saturated heterocycles. The van der Waals surface area contributed by atoms with E-state index in [1.807, 2.05) is 26.0 Å². The highest BCUT2D eigenvalue weighted by molar-refractivity contribution is 7.80. The molecule has 0 saturated carbocycles. The summed E-state index contributed by atoms with van der Waals surface area (Å²) in [7, 11) is 1.33. The topological polar surface area (TPSA) is 78.1 Å². The van der Waals surface area contributed by atoms with Crippen LogP contribution in [-0.2, 0) is 23.7 Å². The van der Waals surface area contributed by atoms with E-state index in [2.05, 4.69) is 21.4 Å². The van der Waals surface area contributed by atoms with Crippen LogP contribution in [-0.4, -0.2) is 62.4 Å².